The quantitative estimate of drug-likeness (QED) is 0.683. The first-order valence-electron chi connectivity index (χ1n) is 9.50. The number of hydrogen-bond acceptors (Lipinski definition) is 6. The van der Waals surface area contributed by atoms with Crippen molar-refractivity contribution in [2.45, 2.75) is 31.3 Å². The van der Waals surface area contributed by atoms with Gasteiger partial charge in [-0.25, -0.2) is 9.97 Å². The number of nitrogens with zero attached hydrogens (tertiary/aromatic N) is 3. The molecule has 0 bridgehead atoms. The summed E-state index contributed by atoms with van der Waals surface area (Å²) in [4.78, 5) is 22.2. The molecule has 1 aromatic heterocycles. The van der Waals surface area contributed by atoms with E-state index in [1.165, 1.54) is 7.11 Å². The van der Waals surface area contributed by atoms with Crippen LogP contribution in [0.15, 0.2) is 49.3 Å². The van der Waals surface area contributed by atoms with Crippen molar-refractivity contribution in [3.63, 3.8) is 0 Å². The van der Waals surface area contributed by atoms with Crippen LogP contribution in [0.1, 0.15) is 36.8 Å². The average Bonchev–Trinajstić information content (AvgIpc) is 2.78. The highest BCUT2D eigenvalue weighted by Crippen LogP contribution is 2.37. The van der Waals surface area contributed by atoms with Gasteiger partial charge in [0.25, 0.3) is 0 Å². The fraction of sp³-hybridized carbons (Fsp3) is 0.409. The van der Waals surface area contributed by atoms with Gasteiger partial charge in [0.05, 0.1) is 12.7 Å². The summed E-state index contributed by atoms with van der Waals surface area (Å²) in [5, 5.41) is 0. The molecule has 2 aromatic rings. The molecule has 6 nitrogen and oxygen atoms in total. The molecule has 0 atom stereocenters. The van der Waals surface area contributed by atoms with Crippen LogP contribution in [0.3, 0.4) is 0 Å². The summed E-state index contributed by atoms with van der Waals surface area (Å²) in [6.07, 6.45) is 6.21. The molecule has 1 fully saturated rings. The van der Waals surface area contributed by atoms with Crippen molar-refractivity contribution < 1.29 is 14.3 Å². The van der Waals surface area contributed by atoms with E-state index < -0.39 is 0 Å². The van der Waals surface area contributed by atoms with Crippen molar-refractivity contribution in [2.24, 2.45) is 0 Å². The van der Waals surface area contributed by atoms with Gasteiger partial charge in [0, 0.05) is 39.0 Å². The molecule has 0 saturated carbocycles. The number of rotatable bonds is 7. The van der Waals surface area contributed by atoms with E-state index in [1.807, 2.05) is 6.07 Å². The van der Waals surface area contributed by atoms with E-state index in [4.69, 9.17) is 9.47 Å². The number of methoxy groups -OCH3 is 2. The number of anilines is 1. The molecule has 28 heavy (non-hydrogen) atoms. The van der Waals surface area contributed by atoms with Gasteiger partial charge >= 0.3 is 5.97 Å². The third-order valence-corrected chi connectivity index (χ3v) is 5.47. The number of piperidine rings is 1. The summed E-state index contributed by atoms with van der Waals surface area (Å²) >= 11 is 0. The third kappa shape index (κ3) is 4.39. The van der Waals surface area contributed by atoms with Crippen molar-refractivity contribution in [2.75, 3.05) is 32.2 Å². The smallest absolute Gasteiger partial charge is 0.305 e. The summed E-state index contributed by atoms with van der Waals surface area (Å²) < 4.78 is 10.7. The molecule has 1 aliphatic heterocycles. The minimum Gasteiger partial charge on any atom is -0.469 e. The van der Waals surface area contributed by atoms with Crippen molar-refractivity contribution in [3.8, 4) is 0 Å². The summed E-state index contributed by atoms with van der Waals surface area (Å²) in [7, 11) is 3.18. The summed E-state index contributed by atoms with van der Waals surface area (Å²) in [5.41, 5.74) is 2.82. The highest BCUT2D eigenvalue weighted by Gasteiger charge is 2.36. The second kappa shape index (κ2) is 8.97. The molecular weight excluding hydrogens is 354 g/mol. The van der Waals surface area contributed by atoms with Crippen molar-refractivity contribution in [1.82, 2.24) is 9.97 Å². The molecule has 6 heteroatoms. The zero-order valence-corrected chi connectivity index (χ0v) is 16.6. The van der Waals surface area contributed by atoms with Crippen molar-refractivity contribution in [3.05, 3.63) is 60.4 Å². The monoisotopic (exact) mass is 381 g/mol. The zero-order valence-electron chi connectivity index (χ0n) is 16.6. The molecule has 0 radical (unpaired) electrons. The van der Waals surface area contributed by atoms with Crippen LogP contribution < -0.4 is 4.90 Å². The van der Waals surface area contributed by atoms with Crippen LogP contribution in [0.25, 0.3) is 5.57 Å². The number of esters is 1. The molecular formula is C22H27N3O3. The Bertz CT molecular complexity index is 798. The van der Waals surface area contributed by atoms with Crippen LogP contribution in [0.4, 0.5) is 5.95 Å². The first kappa shape index (κ1) is 20.0. The van der Waals surface area contributed by atoms with Crippen LogP contribution in [-0.2, 0) is 19.9 Å². The van der Waals surface area contributed by atoms with Gasteiger partial charge in [0.2, 0.25) is 5.95 Å². The lowest BCUT2D eigenvalue weighted by atomic mass is 9.83. The second-order valence-corrected chi connectivity index (χ2v) is 6.99. The van der Waals surface area contributed by atoms with Gasteiger partial charge in [-0.1, -0.05) is 30.8 Å². The number of aromatic nitrogens is 2. The fourth-order valence-electron chi connectivity index (χ4n) is 3.64. The minimum atomic E-state index is -0.308. The van der Waals surface area contributed by atoms with Gasteiger partial charge in [0.15, 0.2) is 0 Å². The lowest BCUT2D eigenvalue weighted by molar-refractivity contribution is -0.140. The molecule has 2 heterocycles. The molecule has 0 N–H and O–H groups in total. The Morgan fingerprint density at radius 2 is 1.75 bits per heavy atom. The van der Waals surface area contributed by atoms with Crippen molar-refractivity contribution in [1.29, 1.82) is 0 Å². The lowest BCUT2D eigenvalue weighted by Gasteiger charge is -2.41. The molecule has 148 valence electrons. The number of carbonyl (C=O) groups is 1. The second-order valence-electron chi connectivity index (χ2n) is 6.99. The van der Waals surface area contributed by atoms with Gasteiger partial charge in [0.1, 0.15) is 0 Å². The van der Waals surface area contributed by atoms with Gasteiger partial charge in [-0.3, -0.25) is 4.79 Å². The largest absolute Gasteiger partial charge is 0.469 e. The molecule has 1 aromatic carbocycles. The Morgan fingerprint density at radius 3 is 2.32 bits per heavy atom. The average molecular weight is 381 g/mol. The van der Waals surface area contributed by atoms with E-state index in [-0.39, 0.29) is 11.6 Å². The van der Waals surface area contributed by atoms with Crippen LogP contribution in [-0.4, -0.2) is 43.2 Å². The molecule has 1 aliphatic rings. The Balaban J connectivity index is 1.66. The SMILES string of the molecule is C=C(CCC(=O)OC)c1ccc(C2(OC)CCN(c3ncccn3)CC2)cc1. The molecule has 0 spiro atoms. The molecule has 0 unspecified atom stereocenters. The van der Waals surface area contributed by atoms with Crippen LogP contribution in [0.2, 0.25) is 0 Å². The molecule has 3 rings (SSSR count). The van der Waals surface area contributed by atoms with Gasteiger partial charge in [-0.2, -0.15) is 0 Å². The van der Waals surface area contributed by atoms with E-state index in [2.05, 4.69) is 45.7 Å². The Hall–Kier alpha value is -2.73. The standard InChI is InChI=1S/C22H27N3O3/c1-17(5-10-20(26)27-2)18-6-8-19(9-7-18)22(28-3)11-15-25(16-12-22)21-23-13-4-14-24-21/h4,6-9,13-14H,1,5,10-12,15-16H2,2-3H3. The number of allylic oxidation sites excluding steroid dienone is 1. The predicted octanol–water partition coefficient (Wildman–Crippen LogP) is 3.59. The molecule has 0 aliphatic carbocycles. The van der Waals surface area contributed by atoms with Gasteiger partial charge in [-0.15, -0.1) is 0 Å². The number of hydrogen-bond donors (Lipinski definition) is 0. The summed E-state index contributed by atoms with van der Waals surface area (Å²) in [5.74, 6) is 0.551. The van der Waals surface area contributed by atoms with E-state index in [0.717, 1.165) is 48.6 Å². The molecule has 1 saturated heterocycles. The summed E-state index contributed by atoms with van der Waals surface area (Å²) in [6, 6.07) is 10.2. The lowest BCUT2D eigenvalue weighted by Crippen LogP contribution is -2.44. The third-order valence-electron chi connectivity index (χ3n) is 5.47. The number of ether oxygens (including phenoxy) is 2. The van der Waals surface area contributed by atoms with E-state index in [1.54, 1.807) is 19.5 Å². The van der Waals surface area contributed by atoms with Crippen LogP contribution in [0.5, 0.6) is 0 Å². The summed E-state index contributed by atoms with van der Waals surface area (Å²) in [6.45, 7) is 5.77. The fourth-order valence-corrected chi connectivity index (χ4v) is 3.64. The maximum Gasteiger partial charge on any atom is 0.305 e. The Morgan fingerprint density at radius 1 is 1.11 bits per heavy atom. The maximum absolute atomic E-state index is 11.3. The van der Waals surface area contributed by atoms with E-state index in [0.29, 0.717) is 12.8 Å². The highest BCUT2D eigenvalue weighted by atomic mass is 16.5. The topological polar surface area (TPSA) is 64.6 Å². The zero-order chi connectivity index (χ0) is 20.0. The van der Waals surface area contributed by atoms with Crippen molar-refractivity contribution >= 4 is 17.5 Å². The number of carbonyl (C=O) groups excluding carboxylic acids is 1. The van der Waals surface area contributed by atoms with Crippen LogP contribution >= 0.6 is 0 Å². The van der Waals surface area contributed by atoms with Gasteiger partial charge in [-0.05, 0) is 42.0 Å². The van der Waals surface area contributed by atoms with Crippen LogP contribution in [0, 0.1) is 0 Å². The maximum atomic E-state index is 11.3. The van der Waals surface area contributed by atoms with E-state index >= 15 is 0 Å². The Labute approximate surface area is 166 Å². The first-order chi connectivity index (χ1) is 13.6. The normalized spacial score (nSPS) is 15.9. The number of benzene rings is 1. The Kier molecular flexibility index (Phi) is 6.41. The van der Waals surface area contributed by atoms with Gasteiger partial charge < -0.3 is 14.4 Å². The molecule has 0 amide bonds. The highest BCUT2D eigenvalue weighted by molar-refractivity contribution is 5.73. The first-order valence-corrected chi connectivity index (χ1v) is 9.50. The van der Waals surface area contributed by atoms with E-state index in [9.17, 15) is 4.79 Å². The minimum absolute atomic E-state index is 0.217. The predicted molar refractivity (Wildman–Crippen MR) is 109 cm³/mol.